The molecule has 1 aromatic carbocycles. The van der Waals surface area contributed by atoms with Gasteiger partial charge in [0.1, 0.15) is 0 Å². The number of nitrogens with one attached hydrogen (secondary N) is 3. The topological polar surface area (TPSA) is 100 Å². The van der Waals surface area contributed by atoms with E-state index in [9.17, 15) is 18.0 Å². The Balaban J connectivity index is 1.87. The molecule has 0 saturated heterocycles. The maximum Gasteiger partial charge on any atom is 0.279 e. The minimum absolute atomic E-state index is 0.0474. The van der Waals surface area contributed by atoms with Gasteiger partial charge in [-0.2, -0.15) is 4.31 Å². The highest BCUT2D eigenvalue weighted by Crippen LogP contribution is 2.18. The molecule has 3 N–H and O–H groups in total. The van der Waals surface area contributed by atoms with E-state index in [1.807, 2.05) is 0 Å². The zero-order chi connectivity index (χ0) is 20.0. The second-order valence-corrected chi connectivity index (χ2v) is 8.75. The van der Waals surface area contributed by atoms with Crippen LogP contribution in [0.3, 0.4) is 0 Å². The number of carbonyl (C=O) groups excluding carboxylic acids is 2. The number of sulfonamides is 1. The number of rotatable bonds is 10. The standard InChI is InChI=1S/C18H28N4O4S/c1-4-22(5-2)27(25,26)16-10-8-15(9-11-16)20-18(24)13-21(3)12-17(23)19-14-6-7-14/h8-11,14H,4-7,12-13H2,1-3H3,(H,19,23)(H,20,24)/p+1. The monoisotopic (exact) mass is 397 g/mol. The van der Waals surface area contributed by atoms with Crippen LogP contribution < -0.4 is 15.5 Å². The smallest absolute Gasteiger partial charge is 0.279 e. The van der Waals surface area contributed by atoms with E-state index < -0.39 is 10.0 Å². The van der Waals surface area contributed by atoms with Crippen molar-refractivity contribution in [3.05, 3.63) is 24.3 Å². The number of amides is 2. The Morgan fingerprint density at radius 1 is 1.07 bits per heavy atom. The van der Waals surface area contributed by atoms with E-state index in [0.717, 1.165) is 17.7 Å². The molecule has 8 nitrogen and oxygen atoms in total. The van der Waals surface area contributed by atoms with Gasteiger partial charge in [-0.3, -0.25) is 9.59 Å². The Bertz CT molecular complexity index is 756. The lowest BCUT2D eigenvalue weighted by Gasteiger charge is -2.18. The van der Waals surface area contributed by atoms with Crippen LogP contribution in [-0.2, 0) is 19.6 Å². The Morgan fingerprint density at radius 2 is 1.63 bits per heavy atom. The Hall–Kier alpha value is -1.97. The largest absolute Gasteiger partial charge is 0.348 e. The molecule has 1 aromatic rings. The molecule has 1 aliphatic rings. The molecule has 2 rings (SSSR count). The third kappa shape index (κ3) is 6.30. The van der Waals surface area contributed by atoms with Gasteiger partial charge in [-0.25, -0.2) is 8.42 Å². The van der Waals surface area contributed by atoms with Crippen LogP contribution in [0.4, 0.5) is 5.69 Å². The molecule has 0 spiro atoms. The molecule has 0 aliphatic heterocycles. The van der Waals surface area contributed by atoms with Gasteiger partial charge >= 0.3 is 0 Å². The first-order chi connectivity index (χ1) is 12.8. The third-order valence-electron chi connectivity index (χ3n) is 4.35. The maximum absolute atomic E-state index is 12.5. The maximum atomic E-state index is 12.5. The van der Waals surface area contributed by atoms with Crippen molar-refractivity contribution in [3.8, 4) is 0 Å². The molecule has 150 valence electrons. The van der Waals surface area contributed by atoms with Crippen LogP contribution in [0.2, 0.25) is 0 Å². The second-order valence-electron chi connectivity index (χ2n) is 6.81. The minimum atomic E-state index is -3.51. The van der Waals surface area contributed by atoms with Crippen LogP contribution in [0.5, 0.6) is 0 Å². The Morgan fingerprint density at radius 3 is 2.15 bits per heavy atom. The molecule has 9 heteroatoms. The van der Waals surface area contributed by atoms with Gasteiger partial charge in [-0.1, -0.05) is 13.8 Å². The number of quaternary nitrogens is 1. The highest BCUT2D eigenvalue weighted by molar-refractivity contribution is 7.89. The van der Waals surface area contributed by atoms with Crippen molar-refractivity contribution in [2.75, 3.05) is 38.5 Å². The van der Waals surface area contributed by atoms with Crippen LogP contribution >= 0.6 is 0 Å². The molecule has 27 heavy (non-hydrogen) atoms. The van der Waals surface area contributed by atoms with Gasteiger partial charge in [0.15, 0.2) is 13.1 Å². The summed E-state index contributed by atoms with van der Waals surface area (Å²) in [6.07, 6.45) is 2.07. The number of likely N-dealkylation sites (N-methyl/N-ethyl adjacent to an activating group) is 1. The first kappa shape index (κ1) is 21.3. The SMILES string of the molecule is CCN(CC)S(=O)(=O)c1ccc(NC(=O)C[NH+](C)CC(=O)NC2CC2)cc1. The van der Waals surface area contributed by atoms with E-state index in [0.29, 0.717) is 24.8 Å². The highest BCUT2D eigenvalue weighted by Gasteiger charge is 2.25. The summed E-state index contributed by atoms with van der Waals surface area (Å²) in [5.74, 6) is -0.278. The predicted molar refractivity (Wildman–Crippen MR) is 103 cm³/mol. The first-order valence-corrected chi connectivity index (χ1v) is 10.7. The zero-order valence-corrected chi connectivity index (χ0v) is 16.9. The third-order valence-corrected chi connectivity index (χ3v) is 6.41. The molecule has 0 aromatic heterocycles. The summed E-state index contributed by atoms with van der Waals surface area (Å²) >= 11 is 0. The van der Waals surface area contributed by atoms with E-state index in [1.165, 1.54) is 16.4 Å². The minimum Gasteiger partial charge on any atom is -0.348 e. The van der Waals surface area contributed by atoms with Crippen LogP contribution in [0.1, 0.15) is 26.7 Å². The lowest BCUT2D eigenvalue weighted by atomic mass is 10.3. The zero-order valence-electron chi connectivity index (χ0n) is 16.1. The molecule has 1 saturated carbocycles. The summed E-state index contributed by atoms with van der Waals surface area (Å²) in [7, 11) is -1.73. The van der Waals surface area contributed by atoms with Crippen LogP contribution in [-0.4, -0.2) is 63.8 Å². The molecule has 0 heterocycles. The molecule has 1 aliphatic carbocycles. The van der Waals surface area contributed by atoms with Crippen molar-refractivity contribution < 1.29 is 22.9 Å². The normalized spacial score (nSPS) is 15.4. The van der Waals surface area contributed by atoms with Crippen molar-refractivity contribution in [2.24, 2.45) is 0 Å². The number of carbonyl (C=O) groups is 2. The highest BCUT2D eigenvalue weighted by atomic mass is 32.2. The summed E-state index contributed by atoms with van der Waals surface area (Å²) in [6, 6.07) is 6.43. The quantitative estimate of drug-likeness (QED) is 0.493. The number of benzene rings is 1. The summed E-state index contributed by atoms with van der Waals surface area (Å²) in [5, 5.41) is 5.63. The molecule has 0 radical (unpaired) electrons. The van der Waals surface area contributed by atoms with E-state index in [2.05, 4.69) is 10.6 Å². The summed E-state index contributed by atoms with van der Waals surface area (Å²) in [4.78, 5) is 24.9. The van der Waals surface area contributed by atoms with Crippen LogP contribution in [0.25, 0.3) is 0 Å². The predicted octanol–water partition coefficient (Wildman–Crippen LogP) is -0.551. The van der Waals surface area contributed by atoms with E-state index in [1.54, 1.807) is 33.0 Å². The van der Waals surface area contributed by atoms with Gasteiger partial charge in [0.05, 0.1) is 11.9 Å². The van der Waals surface area contributed by atoms with Gasteiger partial charge in [0, 0.05) is 24.8 Å². The second kappa shape index (κ2) is 9.29. The molecule has 1 unspecified atom stereocenters. The van der Waals surface area contributed by atoms with Gasteiger partial charge in [-0.15, -0.1) is 0 Å². The van der Waals surface area contributed by atoms with Crippen LogP contribution in [0.15, 0.2) is 29.2 Å². The van der Waals surface area contributed by atoms with Gasteiger partial charge in [-0.05, 0) is 37.1 Å². The fourth-order valence-electron chi connectivity index (χ4n) is 2.75. The van der Waals surface area contributed by atoms with Crippen molar-refractivity contribution >= 4 is 27.5 Å². The van der Waals surface area contributed by atoms with Crippen molar-refractivity contribution in [2.45, 2.75) is 37.6 Å². The van der Waals surface area contributed by atoms with Crippen molar-refractivity contribution in [3.63, 3.8) is 0 Å². The molecule has 1 atom stereocenters. The van der Waals surface area contributed by atoms with E-state index in [-0.39, 0.29) is 29.8 Å². The van der Waals surface area contributed by atoms with E-state index >= 15 is 0 Å². The summed E-state index contributed by atoms with van der Waals surface area (Å²) in [6.45, 7) is 4.78. The van der Waals surface area contributed by atoms with E-state index in [4.69, 9.17) is 0 Å². The van der Waals surface area contributed by atoms with Crippen molar-refractivity contribution in [1.82, 2.24) is 9.62 Å². The number of anilines is 1. The lowest BCUT2D eigenvalue weighted by molar-refractivity contribution is -0.862. The number of hydrogen-bond acceptors (Lipinski definition) is 4. The lowest BCUT2D eigenvalue weighted by Crippen LogP contribution is -3.11. The Kier molecular flexibility index (Phi) is 7.34. The summed E-state index contributed by atoms with van der Waals surface area (Å²) < 4.78 is 26.3. The fraction of sp³-hybridized carbons (Fsp3) is 0.556. The number of nitrogens with zero attached hydrogens (tertiary/aromatic N) is 1. The Labute approximate surface area is 161 Å². The molecular formula is C18H29N4O4S+. The fourth-order valence-corrected chi connectivity index (χ4v) is 4.20. The van der Waals surface area contributed by atoms with Gasteiger partial charge in [0.25, 0.3) is 11.8 Å². The molecular weight excluding hydrogens is 368 g/mol. The summed E-state index contributed by atoms with van der Waals surface area (Å²) in [5.41, 5.74) is 0.522. The molecule has 2 amide bonds. The number of hydrogen-bond donors (Lipinski definition) is 3. The average molecular weight is 398 g/mol. The van der Waals surface area contributed by atoms with Gasteiger partial charge in [0.2, 0.25) is 10.0 Å². The average Bonchev–Trinajstić information content (AvgIpc) is 3.39. The van der Waals surface area contributed by atoms with Gasteiger partial charge < -0.3 is 15.5 Å². The molecule has 0 bridgehead atoms. The van der Waals surface area contributed by atoms with Crippen molar-refractivity contribution in [1.29, 1.82) is 0 Å². The van der Waals surface area contributed by atoms with Crippen LogP contribution in [0, 0.1) is 0 Å². The molecule has 1 fully saturated rings. The first-order valence-electron chi connectivity index (χ1n) is 9.27.